The summed E-state index contributed by atoms with van der Waals surface area (Å²) in [6, 6.07) is 8.16. The maximum absolute atomic E-state index is 3.43. The monoisotopic (exact) mass is 274 g/mol. The van der Waals surface area contributed by atoms with E-state index >= 15 is 0 Å². The van der Waals surface area contributed by atoms with Gasteiger partial charge in [-0.3, -0.25) is 0 Å². The summed E-state index contributed by atoms with van der Waals surface area (Å²) in [5, 5.41) is 0.911. The van der Waals surface area contributed by atoms with E-state index in [1.165, 1.54) is 10.0 Å². The second-order valence-electron chi connectivity index (χ2n) is 1.73. The average Bonchev–Trinajstić information content (AvgIpc) is 1.89. The van der Waals surface area contributed by atoms with E-state index in [-0.39, 0.29) is 25.9 Å². The molecule has 0 unspecified atom stereocenters. The van der Waals surface area contributed by atoms with Crippen molar-refractivity contribution in [1.29, 1.82) is 0 Å². The number of halogens is 2. The first-order valence-corrected chi connectivity index (χ1v) is 4.55. The largest absolute Gasteiger partial charge is 2.00 e. The van der Waals surface area contributed by atoms with E-state index in [0.717, 1.165) is 5.33 Å². The summed E-state index contributed by atoms with van der Waals surface area (Å²) < 4.78 is 1.17. The van der Waals surface area contributed by atoms with E-state index in [2.05, 4.69) is 37.9 Å². The molecule has 0 radical (unpaired) electrons. The average molecular weight is 276 g/mol. The van der Waals surface area contributed by atoms with Crippen LogP contribution in [0.25, 0.3) is 0 Å². The van der Waals surface area contributed by atoms with Crippen LogP contribution in [0.1, 0.15) is 8.42 Å². The van der Waals surface area contributed by atoms with Crippen molar-refractivity contribution < 1.29 is 2.85 Å². The molecule has 0 bridgehead atoms. The summed E-state index contributed by atoms with van der Waals surface area (Å²) in [5.41, 5.74) is 1.29. The first kappa shape index (κ1) is 10.9. The van der Waals surface area contributed by atoms with Gasteiger partial charge in [0.05, 0.1) is 0 Å². The standard InChI is InChI=1S/C7H6Br2.Mg.2H/c8-5-6-3-1-2-4-7(6)9;;;/h1-4H,5H2;;;/q;+2;2*-1. The zero-order valence-electron chi connectivity index (χ0n) is 7.48. The van der Waals surface area contributed by atoms with E-state index in [1.54, 1.807) is 0 Å². The van der Waals surface area contributed by atoms with Gasteiger partial charge in [-0.2, -0.15) is 0 Å². The molecule has 0 spiro atoms. The van der Waals surface area contributed by atoms with E-state index < -0.39 is 0 Å². The van der Waals surface area contributed by atoms with Crippen LogP contribution < -0.4 is 0 Å². The molecule has 52 valence electrons. The number of hydrogen-bond acceptors (Lipinski definition) is 0. The third-order valence-corrected chi connectivity index (χ3v) is 2.48. The van der Waals surface area contributed by atoms with Gasteiger partial charge in [0.15, 0.2) is 0 Å². The summed E-state index contributed by atoms with van der Waals surface area (Å²) in [4.78, 5) is 0. The van der Waals surface area contributed by atoms with Crippen LogP contribution in [0.3, 0.4) is 0 Å². The van der Waals surface area contributed by atoms with Crippen molar-refractivity contribution in [3.05, 3.63) is 34.3 Å². The van der Waals surface area contributed by atoms with Crippen molar-refractivity contribution in [3.8, 4) is 0 Å². The van der Waals surface area contributed by atoms with Crippen LogP contribution in [0, 0.1) is 0 Å². The molecule has 10 heavy (non-hydrogen) atoms. The predicted molar refractivity (Wildman–Crippen MR) is 54.8 cm³/mol. The van der Waals surface area contributed by atoms with Gasteiger partial charge in [-0.05, 0) is 11.6 Å². The van der Waals surface area contributed by atoms with Gasteiger partial charge in [0.25, 0.3) is 0 Å². The molecular formula is C7H8Br2Mg. The molecular weight excluding hydrogens is 268 g/mol. The Bertz CT molecular complexity index is 208. The topological polar surface area (TPSA) is 0 Å². The maximum Gasteiger partial charge on any atom is 2.00 e. The molecule has 0 aliphatic carbocycles. The van der Waals surface area contributed by atoms with E-state index in [1.807, 2.05) is 18.2 Å². The van der Waals surface area contributed by atoms with Crippen LogP contribution >= 0.6 is 31.9 Å². The molecule has 0 nitrogen and oxygen atoms in total. The summed E-state index contributed by atoms with van der Waals surface area (Å²) in [6.07, 6.45) is 0. The van der Waals surface area contributed by atoms with Crippen molar-refractivity contribution in [2.24, 2.45) is 0 Å². The van der Waals surface area contributed by atoms with Gasteiger partial charge in [0.2, 0.25) is 0 Å². The Balaban J connectivity index is -0.000000270. The quantitative estimate of drug-likeness (QED) is 0.546. The molecule has 1 aromatic carbocycles. The first-order valence-electron chi connectivity index (χ1n) is 2.64. The van der Waals surface area contributed by atoms with Crippen LogP contribution in [-0.2, 0) is 5.33 Å². The summed E-state index contributed by atoms with van der Waals surface area (Å²) in [7, 11) is 0. The van der Waals surface area contributed by atoms with Crippen LogP contribution in [0.4, 0.5) is 0 Å². The van der Waals surface area contributed by atoms with E-state index in [0.29, 0.717) is 0 Å². The number of benzene rings is 1. The Morgan fingerprint density at radius 3 is 2.30 bits per heavy atom. The fourth-order valence-electron chi connectivity index (χ4n) is 0.607. The molecule has 0 aliphatic rings. The number of rotatable bonds is 1. The minimum atomic E-state index is 0. The molecule has 0 aromatic heterocycles. The summed E-state index contributed by atoms with van der Waals surface area (Å²) in [6.45, 7) is 0. The van der Waals surface area contributed by atoms with E-state index in [9.17, 15) is 0 Å². The second-order valence-corrected chi connectivity index (χ2v) is 3.14. The van der Waals surface area contributed by atoms with Crippen LogP contribution in [0.15, 0.2) is 28.7 Å². The zero-order chi connectivity index (χ0) is 6.69. The third kappa shape index (κ3) is 2.90. The first-order chi connectivity index (χ1) is 4.34. The third-order valence-electron chi connectivity index (χ3n) is 1.10. The molecule has 0 saturated carbocycles. The Labute approximate surface area is 96.8 Å². The van der Waals surface area contributed by atoms with E-state index in [4.69, 9.17) is 0 Å². The van der Waals surface area contributed by atoms with Gasteiger partial charge in [-0.25, -0.2) is 0 Å². The van der Waals surface area contributed by atoms with Crippen LogP contribution in [-0.4, -0.2) is 23.1 Å². The fraction of sp³-hybridized carbons (Fsp3) is 0.143. The minimum absolute atomic E-state index is 0. The molecule has 3 heteroatoms. The molecule has 1 aromatic rings. The van der Waals surface area contributed by atoms with Crippen molar-refractivity contribution in [3.63, 3.8) is 0 Å². The molecule has 0 aliphatic heterocycles. The van der Waals surface area contributed by atoms with Crippen LogP contribution in [0.5, 0.6) is 0 Å². The van der Waals surface area contributed by atoms with Gasteiger partial charge in [-0.15, -0.1) is 0 Å². The van der Waals surface area contributed by atoms with Gasteiger partial charge >= 0.3 is 23.1 Å². The van der Waals surface area contributed by atoms with Crippen molar-refractivity contribution >= 4 is 54.9 Å². The molecule has 0 N–H and O–H groups in total. The summed E-state index contributed by atoms with van der Waals surface area (Å²) >= 11 is 6.80. The molecule has 0 heterocycles. The second kappa shape index (κ2) is 5.58. The number of hydrogen-bond donors (Lipinski definition) is 0. The van der Waals surface area contributed by atoms with Gasteiger partial charge in [0, 0.05) is 9.80 Å². The smallest absolute Gasteiger partial charge is 1.00 e. The predicted octanol–water partition coefficient (Wildman–Crippen LogP) is 3.19. The Kier molecular flexibility index (Phi) is 6.11. The fourth-order valence-corrected chi connectivity index (χ4v) is 1.90. The van der Waals surface area contributed by atoms with Crippen molar-refractivity contribution in [2.45, 2.75) is 5.33 Å². The maximum atomic E-state index is 3.43. The Morgan fingerprint density at radius 1 is 1.30 bits per heavy atom. The molecule has 0 amide bonds. The van der Waals surface area contributed by atoms with Crippen LogP contribution in [0.2, 0.25) is 0 Å². The molecule has 0 saturated heterocycles. The molecule has 0 atom stereocenters. The molecule has 0 fully saturated rings. The van der Waals surface area contributed by atoms with Gasteiger partial charge < -0.3 is 2.85 Å². The normalized spacial score (nSPS) is 8.60. The Hall–Kier alpha value is 0.946. The molecule has 1 rings (SSSR count). The van der Waals surface area contributed by atoms with Crippen molar-refractivity contribution in [2.75, 3.05) is 0 Å². The SMILES string of the molecule is BrCc1ccccc1Br.[H-].[H-].[Mg+2]. The van der Waals surface area contributed by atoms with Gasteiger partial charge in [-0.1, -0.05) is 50.1 Å². The number of alkyl halides is 1. The zero-order valence-corrected chi connectivity index (χ0v) is 10.1. The van der Waals surface area contributed by atoms with Gasteiger partial charge in [0.1, 0.15) is 0 Å². The Morgan fingerprint density at radius 2 is 1.90 bits per heavy atom. The minimum Gasteiger partial charge on any atom is -1.00 e. The summed E-state index contributed by atoms with van der Waals surface area (Å²) in [5.74, 6) is 0. The van der Waals surface area contributed by atoms with Crippen molar-refractivity contribution in [1.82, 2.24) is 0 Å².